The quantitative estimate of drug-likeness (QED) is 0.426. The Kier molecular flexibility index (Phi) is 8.43. The molecule has 0 saturated heterocycles. The van der Waals surface area contributed by atoms with E-state index >= 15 is 0 Å². The minimum Gasteiger partial charge on any atom is -0.489 e. The summed E-state index contributed by atoms with van der Waals surface area (Å²) >= 11 is 7.78. The number of carbonyl (C=O) groups excluding carboxylic acids is 2. The molecule has 2 aromatic carbocycles. The molecule has 0 bridgehead atoms. The summed E-state index contributed by atoms with van der Waals surface area (Å²) in [5, 5.41) is 8.59. The second kappa shape index (κ2) is 11.3. The Morgan fingerprint density at radius 3 is 2.48 bits per heavy atom. The lowest BCUT2D eigenvalue weighted by atomic mass is 10.0. The molecule has 7 nitrogen and oxygen atoms in total. The van der Waals surface area contributed by atoms with Crippen LogP contribution in [0.3, 0.4) is 0 Å². The lowest BCUT2D eigenvalue weighted by Gasteiger charge is -2.18. The third-order valence-corrected chi connectivity index (χ3v) is 6.01. The molecule has 4 N–H and O–H groups in total. The number of likely N-dealkylation sites (N-methyl/N-ethyl adjacent to an activating group) is 1. The molecule has 0 aliphatic rings. The normalized spacial score (nSPS) is 11.8. The van der Waals surface area contributed by atoms with Crippen LogP contribution < -0.4 is 21.1 Å². The van der Waals surface area contributed by atoms with E-state index in [-0.39, 0.29) is 12.0 Å². The van der Waals surface area contributed by atoms with Gasteiger partial charge in [-0.15, -0.1) is 11.3 Å². The van der Waals surface area contributed by atoms with Crippen LogP contribution in [-0.4, -0.2) is 36.0 Å². The Hall–Kier alpha value is -2.94. The van der Waals surface area contributed by atoms with Crippen molar-refractivity contribution >= 4 is 34.8 Å². The van der Waals surface area contributed by atoms with Crippen LogP contribution in [0.5, 0.6) is 5.75 Å². The standard InChI is InChI=1S/C24H27ClN4O3S/c1-14(2)32-21-9-8-17(11-18(21)25)23(30)29-19(24(31)27-3)10-15-4-6-16(7-5-15)20-13-33-22(12-26)28-20/h4-9,11,13-14,19H,10,12,26H2,1-3H3,(H,27,31)(H,29,30). The number of halogens is 1. The van der Waals surface area contributed by atoms with Crippen LogP contribution in [0, 0.1) is 0 Å². The number of aromatic nitrogens is 1. The van der Waals surface area contributed by atoms with Crippen molar-refractivity contribution in [2.24, 2.45) is 5.73 Å². The van der Waals surface area contributed by atoms with Crippen molar-refractivity contribution in [1.82, 2.24) is 15.6 Å². The number of hydrogen-bond donors (Lipinski definition) is 3. The maximum absolute atomic E-state index is 12.8. The smallest absolute Gasteiger partial charge is 0.251 e. The van der Waals surface area contributed by atoms with Gasteiger partial charge in [0.1, 0.15) is 16.8 Å². The van der Waals surface area contributed by atoms with E-state index in [1.165, 1.54) is 24.5 Å². The average Bonchev–Trinajstić information content (AvgIpc) is 3.29. The van der Waals surface area contributed by atoms with Gasteiger partial charge in [0.25, 0.3) is 5.91 Å². The van der Waals surface area contributed by atoms with Crippen molar-refractivity contribution in [1.29, 1.82) is 0 Å². The summed E-state index contributed by atoms with van der Waals surface area (Å²) in [6, 6.07) is 11.8. The van der Waals surface area contributed by atoms with Gasteiger partial charge >= 0.3 is 0 Å². The van der Waals surface area contributed by atoms with Crippen molar-refractivity contribution in [2.75, 3.05) is 7.05 Å². The summed E-state index contributed by atoms with van der Waals surface area (Å²) in [5.74, 6) is -0.176. The van der Waals surface area contributed by atoms with Crippen LogP contribution in [0.2, 0.25) is 5.02 Å². The van der Waals surface area contributed by atoms with Crippen LogP contribution in [-0.2, 0) is 17.8 Å². The molecule has 0 radical (unpaired) electrons. The van der Waals surface area contributed by atoms with Gasteiger partial charge in [0.15, 0.2) is 0 Å². The fourth-order valence-electron chi connectivity index (χ4n) is 3.20. The van der Waals surface area contributed by atoms with Crippen LogP contribution in [0.4, 0.5) is 0 Å². The van der Waals surface area contributed by atoms with Crippen LogP contribution in [0.1, 0.15) is 34.8 Å². The number of nitrogens with two attached hydrogens (primary N) is 1. The molecule has 3 aromatic rings. The summed E-state index contributed by atoms with van der Waals surface area (Å²) in [6.07, 6.45) is 0.295. The van der Waals surface area contributed by atoms with Gasteiger partial charge in [-0.2, -0.15) is 0 Å². The Bertz CT molecular complexity index is 1120. The molecule has 1 heterocycles. The Morgan fingerprint density at radius 2 is 1.91 bits per heavy atom. The monoisotopic (exact) mass is 486 g/mol. The first-order valence-electron chi connectivity index (χ1n) is 10.5. The maximum Gasteiger partial charge on any atom is 0.251 e. The first kappa shape index (κ1) is 24.7. The van der Waals surface area contributed by atoms with Gasteiger partial charge in [-0.3, -0.25) is 9.59 Å². The van der Waals surface area contributed by atoms with Crippen molar-refractivity contribution < 1.29 is 14.3 Å². The number of nitrogens with zero attached hydrogens (tertiary/aromatic N) is 1. The summed E-state index contributed by atoms with van der Waals surface area (Å²) in [6.45, 7) is 4.20. The second-order valence-corrected chi connectivity index (χ2v) is 9.03. The fraction of sp³-hybridized carbons (Fsp3) is 0.292. The van der Waals surface area contributed by atoms with E-state index in [1.54, 1.807) is 12.1 Å². The summed E-state index contributed by atoms with van der Waals surface area (Å²) in [5.41, 5.74) is 8.72. The third kappa shape index (κ3) is 6.54. The molecule has 0 fully saturated rings. The molecule has 33 heavy (non-hydrogen) atoms. The molecular formula is C24H27ClN4O3S. The maximum atomic E-state index is 12.8. The van der Waals surface area contributed by atoms with E-state index in [9.17, 15) is 9.59 Å². The highest BCUT2D eigenvalue weighted by Crippen LogP contribution is 2.27. The fourth-order valence-corrected chi connectivity index (χ4v) is 4.11. The van der Waals surface area contributed by atoms with E-state index in [0.29, 0.717) is 29.3 Å². The zero-order valence-electron chi connectivity index (χ0n) is 18.7. The first-order chi connectivity index (χ1) is 15.8. The molecule has 9 heteroatoms. The van der Waals surface area contributed by atoms with Gasteiger partial charge in [0.2, 0.25) is 5.91 Å². The van der Waals surface area contributed by atoms with Crippen LogP contribution in [0.15, 0.2) is 47.8 Å². The molecule has 174 valence electrons. The molecule has 1 aromatic heterocycles. The zero-order valence-corrected chi connectivity index (χ0v) is 20.3. The minimum absolute atomic E-state index is 0.0376. The SMILES string of the molecule is CNC(=O)C(Cc1ccc(-c2csc(CN)n2)cc1)NC(=O)c1ccc(OC(C)C)c(Cl)c1. The highest BCUT2D eigenvalue weighted by atomic mass is 35.5. The minimum atomic E-state index is -0.748. The molecule has 0 saturated carbocycles. The second-order valence-electron chi connectivity index (χ2n) is 7.68. The van der Waals surface area contributed by atoms with E-state index in [2.05, 4.69) is 15.6 Å². The van der Waals surface area contributed by atoms with E-state index in [4.69, 9.17) is 22.1 Å². The summed E-state index contributed by atoms with van der Waals surface area (Å²) < 4.78 is 5.61. The van der Waals surface area contributed by atoms with E-state index in [1.807, 2.05) is 43.5 Å². The average molecular weight is 487 g/mol. The predicted molar refractivity (Wildman–Crippen MR) is 132 cm³/mol. The van der Waals surface area contributed by atoms with Crippen LogP contribution >= 0.6 is 22.9 Å². The summed E-state index contributed by atoms with van der Waals surface area (Å²) in [4.78, 5) is 29.8. The van der Waals surface area contributed by atoms with Crippen molar-refractivity contribution in [3.8, 4) is 17.0 Å². The number of carbonyl (C=O) groups is 2. The van der Waals surface area contributed by atoms with Crippen molar-refractivity contribution in [3.05, 3.63) is 69.0 Å². The van der Waals surface area contributed by atoms with Crippen molar-refractivity contribution in [2.45, 2.75) is 39.0 Å². The molecular weight excluding hydrogens is 460 g/mol. The number of thiazole rings is 1. The number of amides is 2. The topological polar surface area (TPSA) is 106 Å². The molecule has 3 rings (SSSR count). The molecule has 0 aliphatic carbocycles. The van der Waals surface area contributed by atoms with Gasteiger partial charge in [-0.05, 0) is 37.6 Å². The largest absolute Gasteiger partial charge is 0.489 e. The summed E-state index contributed by atoms with van der Waals surface area (Å²) in [7, 11) is 1.54. The Morgan fingerprint density at radius 1 is 1.18 bits per heavy atom. The van der Waals surface area contributed by atoms with E-state index in [0.717, 1.165) is 21.8 Å². The lowest BCUT2D eigenvalue weighted by molar-refractivity contribution is -0.122. The molecule has 0 aliphatic heterocycles. The number of nitrogens with one attached hydrogen (secondary N) is 2. The molecule has 1 atom stereocenters. The first-order valence-corrected chi connectivity index (χ1v) is 11.8. The zero-order chi connectivity index (χ0) is 24.0. The molecule has 0 spiro atoms. The van der Waals surface area contributed by atoms with Gasteiger partial charge in [0.05, 0.1) is 16.8 Å². The van der Waals surface area contributed by atoms with Crippen LogP contribution in [0.25, 0.3) is 11.3 Å². The van der Waals surface area contributed by atoms with Gasteiger partial charge in [-0.1, -0.05) is 35.9 Å². The Labute approximate surface area is 202 Å². The van der Waals surface area contributed by atoms with E-state index < -0.39 is 11.9 Å². The lowest BCUT2D eigenvalue weighted by Crippen LogP contribution is -2.47. The third-order valence-electron chi connectivity index (χ3n) is 4.84. The van der Waals surface area contributed by atoms with Gasteiger partial charge < -0.3 is 21.1 Å². The predicted octanol–water partition coefficient (Wildman–Crippen LogP) is 3.80. The van der Waals surface area contributed by atoms with Crippen molar-refractivity contribution in [3.63, 3.8) is 0 Å². The number of rotatable bonds is 9. The van der Waals surface area contributed by atoms with Gasteiger partial charge in [0, 0.05) is 36.5 Å². The number of hydrogen-bond acceptors (Lipinski definition) is 6. The Balaban J connectivity index is 1.71. The van der Waals surface area contributed by atoms with Gasteiger partial charge in [-0.25, -0.2) is 4.98 Å². The molecule has 2 amide bonds. The highest BCUT2D eigenvalue weighted by Gasteiger charge is 2.22. The number of benzene rings is 2. The number of ether oxygens (including phenoxy) is 1. The molecule has 1 unspecified atom stereocenters. The highest BCUT2D eigenvalue weighted by molar-refractivity contribution is 7.09.